The van der Waals surface area contributed by atoms with E-state index in [-0.39, 0.29) is 6.03 Å². The van der Waals surface area contributed by atoms with E-state index in [0.717, 1.165) is 37.3 Å². The van der Waals surface area contributed by atoms with Crippen LogP contribution in [0.4, 0.5) is 22.0 Å². The summed E-state index contributed by atoms with van der Waals surface area (Å²) in [7, 11) is 0. The Labute approximate surface area is 158 Å². The molecule has 0 aliphatic carbocycles. The fraction of sp³-hybridized carbons (Fsp3) is 0.250. The zero-order valence-electron chi connectivity index (χ0n) is 15.0. The minimum atomic E-state index is -0.303. The molecule has 0 bridgehead atoms. The average Bonchev–Trinajstić information content (AvgIpc) is 3.35. The number of carbonyl (C=O) groups excluding carboxylic acids is 1. The van der Waals surface area contributed by atoms with Crippen molar-refractivity contribution in [3.8, 4) is 0 Å². The first-order valence-corrected chi connectivity index (χ1v) is 9.12. The predicted octanol–water partition coefficient (Wildman–Crippen LogP) is 3.57. The van der Waals surface area contributed by atoms with Crippen molar-refractivity contribution in [2.24, 2.45) is 0 Å². The van der Waals surface area contributed by atoms with Crippen LogP contribution in [0.25, 0.3) is 0 Å². The number of nitrogens with zero attached hydrogens (tertiary/aromatic N) is 4. The molecule has 0 radical (unpaired) electrons. The van der Waals surface area contributed by atoms with Crippen molar-refractivity contribution in [3.63, 3.8) is 0 Å². The SMILES string of the molecule is O=C(Nc1cnn(Cc2ccccc2)c1)Nc1cccnc1N1CCCC1. The summed E-state index contributed by atoms with van der Waals surface area (Å²) in [4.78, 5) is 19.1. The Kier molecular flexibility index (Phi) is 5.00. The molecule has 1 aliphatic rings. The van der Waals surface area contributed by atoms with Gasteiger partial charge in [-0.05, 0) is 30.5 Å². The van der Waals surface area contributed by atoms with Crippen LogP contribution >= 0.6 is 0 Å². The number of hydrogen-bond donors (Lipinski definition) is 2. The van der Waals surface area contributed by atoms with Gasteiger partial charge >= 0.3 is 6.03 Å². The lowest BCUT2D eigenvalue weighted by Gasteiger charge is -2.19. The molecule has 1 saturated heterocycles. The highest BCUT2D eigenvalue weighted by Crippen LogP contribution is 2.26. The first kappa shape index (κ1) is 17.1. The van der Waals surface area contributed by atoms with Gasteiger partial charge in [0, 0.05) is 25.5 Å². The van der Waals surface area contributed by atoms with Gasteiger partial charge < -0.3 is 15.5 Å². The van der Waals surface area contributed by atoms with Gasteiger partial charge in [0.05, 0.1) is 24.1 Å². The van der Waals surface area contributed by atoms with E-state index >= 15 is 0 Å². The molecule has 0 unspecified atom stereocenters. The summed E-state index contributed by atoms with van der Waals surface area (Å²) in [5, 5.41) is 10.0. The third-order valence-electron chi connectivity index (χ3n) is 4.52. The van der Waals surface area contributed by atoms with Gasteiger partial charge in [0.25, 0.3) is 0 Å². The number of nitrogens with one attached hydrogen (secondary N) is 2. The molecule has 1 aliphatic heterocycles. The highest BCUT2D eigenvalue weighted by Gasteiger charge is 2.18. The molecule has 4 rings (SSSR count). The molecule has 138 valence electrons. The topological polar surface area (TPSA) is 75.1 Å². The lowest BCUT2D eigenvalue weighted by atomic mass is 10.2. The summed E-state index contributed by atoms with van der Waals surface area (Å²) in [5.74, 6) is 0.824. The number of aromatic nitrogens is 3. The van der Waals surface area contributed by atoms with E-state index in [9.17, 15) is 4.79 Å². The first-order chi connectivity index (χ1) is 13.3. The van der Waals surface area contributed by atoms with Crippen molar-refractivity contribution < 1.29 is 4.79 Å². The zero-order chi connectivity index (χ0) is 18.5. The van der Waals surface area contributed by atoms with E-state index in [1.165, 1.54) is 0 Å². The Morgan fingerprint density at radius 1 is 1.04 bits per heavy atom. The highest BCUT2D eigenvalue weighted by atomic mass is 16.2. The maximum Gasteiger partial charge on any atom is 0.323 e. The number of urea groups is 1. The Morgan fingerprint density at radius 3 is 2.67 bits per heavy atom. The van der Waals surface area contributed by atoms with Crippen LogP contribution in [0.5, 0.6) is 0 Å². The van der Waals surface area contributed by atoms with Gasteiger partial charge in [-0.1, -0.05) is 30.3 Å². The number of rotatable bonds is 5. The van der Waals surface area contributed by atoms with Gasteiger partial charge in [0.2, 0.25) is 0 Å². The maximum atomic E-state index is 12.4. The summed E-state index contributed by atoms with van der Waals surface area (Å²) in [6.45, 7) is 2.60. The number of anilines is 3. The molecule has 1 fully saturated rings. The zero-order valence-corrected chi connectivity index (χ0v) is 15.0. The monoisotopic (exact) mass is 362 g/mol. The predicted molar refractivity (Wildman–Crippen MR) is 106 cm³/mol. The third kappa shape index (κ3) is 4.25. The molecule has 27 heavy (non-hydrogen) atoms. The number of benzene rings is 1. The molecule has 7 nitrogen and oxygen atoms in total. The fourth-order valence-electron chi connectivity index (χ4n) is 3.25. The molecule has 2 amide bonds. The summed E-state index contributed by atoms with van der Waals surface area (Å²) in [6, 6.07) is 13.5. The van der Waals surface area contributed by atoms with Crippen LogP contribution in [0.1, 0.15) is 18.4 Å². The van der Waals surface area contributed by atoms with Crippen LogP contribution in [0.3, 0.4) is 0 Å². The van der Waals surface area contributed by atoms with Crippen molar-refractivity contribution in [3.05, 3.63) is 66.6 Å². The number of pyridine rings is 1. The quantitative estimate of drug-likeness (QED) is 0.728. The molecule has 2 aromatic heterocycles. The Hall–Kier alpha value is -3.35. The molecular formula is C20H22N6O. The second-order valence-corrected chi connectivity index (χ2v) is 6.56. The van der Waals surface area contributed by atoms with Crippen LogP contribution in [-0.2, 0) is 6.54 Å². The Bertz CT molecular complexity index is 902. The molecular weight excluding hydrogens is 340 g/mol. The van der Waals surface area contributed by atoms with E-state index < -0.39 is 0 Å². The highest BCUT2D eigenvalue weighted by molar-refractivity contribution is 6.01. The van der Waals surface area contributed by atoms with E-state index in [1.807, 2.05) is 48.7 Å². The Balaban J connectivity index is 1.39. The molecule has 2 N–H and O–H groups in total. The molecule has 0 saturated carbocycles. The van der Waals surface area contributed by atoms with Crippen molar-refractivity contribution >= 4 is 23.2 Å². The van der Waals surface area contributed by atoms with Gasteiger partial charge in [-0.3, -0.25) is 4.68 Å². The van der Waals surface area contributed by atoms with Crippen LogP contribution in [0, 0.1) is 0 Å². The maximum absolute atomic E-state index is 12.4. The molecule has 0 spiro atoms. The first-order valence-electron chi connectivity index (χ1n) is 9.12. The summed E-state index contributed by atoms with van der Waals surface area (Å²) >= 11 is 0. The van der Waals surface area contributed by atoms with E-state index in [2.05, 4.69) is 25.6 Å². The minimum absolute atomic E-state index is 0.303. The normalized spacial score (nSPS) is 13.6. The average molecular weight is 362 g/mol. The third-order valence-corrected chi connectivity index (χ3v) is 4.52. The van der Waals surface area contributed by atoms with Crippen LogP contribution < -0.4 is 15.5 Å². The Morgan fingerprint density at radius 2 is 1.85 bits per heavy atom. The van der Waals surface area contributed by atoms with Crippen molar-refractivity contribution in [2.75, 3.05) is 28.6 Å². The summed E-state index contributed by atoms with van der Waals surface area (Å²) in [5.41, 5.74) is 2.52. The lowest BCUT2D eigenvalue weighted by Crippen LogP contribution is -2.24. The van der Waals surface area contributed by atoms with Crippen LogP contribution in [0.2, 0.25) is 0 Å². The van der Waals surface area contributed by atoms with Crippen LogP contribution in [0.15, 0.2) is 61.1 Å². The van der Waals surface area contributed by atoms with Crippen molar-refractivity contribution in [2.45, 2.75) is 19.4 Å². The number of carbonyl (C=O) groups is 1. The van der Waals surface area contributed by atoms with E-state index in [0.29, 0.717) is 17.9 Å². The smallest absolute Gasteiger partial charge is 0.323 e. The van der Waals surface area contributed by atoms with Gasteiger partial charge in [0.1, 0.15) is 0 Å². The van der Waals surface area contributed by atoms with Gasteiger partial charge in [-0.25, -0.2) is 9.78 Å². The van der Waals surface area contributed by atoms with Crippen LogP contribution in [-0.4, -0.2) is 33.9 Å². The number of amides is 2. The molecule has 7 heteroatoms. The minimum Gasteiger partial charge on any atom is -0.355 e. The van der Waals surface area contributed by atoms with Crippen molar-refractivity contribution in [1.82, 2.24) is 14.8 Å². The van der Waals surface area contributed by atoms with Crippen molar-refractivity contribution in [1.29, 1.82) is 0 Å². The lowest BCUT2D eigenvalue weighted by molar-refractivity contribution is 0.262. The second-order valence-electron chi connectivity index (χ2n) is 6.56. The second kappa shape index (κ2) is 7.90. The molecule has 0 atom stereocenters. The standard InChI is InChI=1S/C20H22N6O/c27-20(24-18-9-6-10-21-19(18)25-11-4-5-12-25)23-17-13-22-26(15-17)14-16-7-2-1-3-8-16/h1-3,6-10,13,15H,4-5,11-12,14H2,(H2,23,24,27). The van der Waals surface area contributed by atoms with Gasteiger partial charge in [-0.15, -0.1) is 0 Å². The largest absolute Gasteiger partial charge is 0.355 e. The molecule has 1 aromatic carbocycles. The van der Waals surface area contributed by atoms with Gasteiger partial charge in [-0.2, -0.15) is 5.10 Å². The van der Waals surface area contributed by atoms with E-state index in [1.54, 1.807) is 17.1 Å². The summed E-state index contributed by atoms with van der Waals surface area (Å²) in [6.07, 6.45) is 7.53. The van der Waals surface area contributed by atoms with E-state index in [4.69, 9.17) is 0 Å². The number of hydrogen-bond acceptors (Lipinski definition) is 4. The molecule has 3 heterocycles. The molecule has 3 aromatic rings. The fourth-order valence-corrected chi connectivity index (χ4v) is 3.25. The summed E-state index contributed by atoms with van der Waals surface area (Å²) < 4.78 is 1.80. The van der Waals surface area contributed by atoms with Gasteiger partial charge in [0.15, 0.2) is 5.82 Å².